The first kappa shape index (κ1) is 20.1. The normalized spacial score (nSPS) is 12.1. The van der Waals surface area contributed by atoms with Crippen LogP contribution in [0.5, 0.6) is 0 Å². The molecule has 1 atom stereocenters. The Balaban J connectivity index is 1.75. The quantitative estimate of drug-likeness (QED) is 0.467. The summed E-state index contributed by atoms with van der Waals surface area (Å²) in [5, 5.41) is 4.06. The molecule has 3 aromatic rings. The van der Waals surface area contributed by atoms with Gasteiger partial charge in [-0.1, -0.05) is 54.2 Å². The number of nitrogens with one attached hydrogen (secondary N) is 1. The summed E-state index contributed by atoms with van der Waals surface area (Å²) in [5.74, 6) is 0.0663. The first-order valence-corrected chi connectivity index (χ1v) is 10.0. The number of carbonyl (C=O) groups excluding carboxylic acids is 1. The first-order chi connectivity index (χ1) is 13.6. The molecule has 1 unspecified atom stereocenters. The number of hydrogen-bond donors (Lipinski definition) is 1. The molecule has 0 fully saturated rings. The van der Waals surface area contributed by atoms with Crippen molar-refractivity contribution in [3.05, 3.63) is 70.5 Å². The molecule has 28 heavy (non-hydrogen) atoms. The summed E-state index contributed by atoms with van der Waals surface area (Å²) in [4.78, 5) is 29.8. The average molecular weight is 398 g/mol. The number of amides is 1. The van der Waals surface area contributed by atoms with E-state index in [0.717, 1.165) is 5.56 Å². The molecule has 0 aliphatic rings. The highest BCUT2D eigenvalue weighted by atomic mass is 32.2. The maximum atomic E-state index is 12.8. The molecule has 0 radical (unpaired) electrons. The van der Waals surface area contributed by atoms with E-state index in [4.69, 9.17) is 4.74 Å². The maximum absolute atomic E-state index is 12.8. The van der Waals surface area contributed by atoms with E-state index in [9.17, 15) is 9.59 Å². The molecule has 0 spiro atoms. The molecule has 0 saturated heterocycles. The minimum absolute atomic E-state index is 0.0884. The maximum Gasteiger partial charge on any atom is 0.262 e. The minimum Gasteiger partial charge on any atom is -0.383 e. The van der Waals surface area contributed by atoms with Crippen LogP contribution in [0.25, 0.3) is 10.9 Å². The van der Waals surface area contributed by atoms with Gasteiger partial charge in [0.2, 0.25) is 5.91 Å². The Hall–Kier alpha value is -2.64. The molecule has 7 heteroatoms. The highest BCUT2D eigenvalue weighted by molar-refractivity contribution is 7.99. The average Bonchev–Trinajstić information content (AvgIpc) is 2.72. The van der Waals surface area contributed by atoms with Crippen molar-refractivity contribution in [2.75, 3.05) is 19.5 Å². The van der Waals surface area contributed by atoms with Crippen molar-refractivity contribution in [2.45, 2.75) is 24.7 Å². The molecule has 6 nitrogen and oxygen atoms in total. The predicted octanol–water partition coefficient (Wildman–Crippen LogP) is 3.01. The monoisotopic (exact) mass is 397 g/mol. The minimum atomic E-state index is -0.122. The van der Waals surface area contributed by atoms with Crippen LogP contribution in [0.15, 0.2) is 64.5 Å². The van der Waals surface area contributed by atoms with Crippen LogP contribution in [0.4, 0.5) is 0 Å². The van der Waals surface area contributed by atoms with Crippen molar-refractivity contribution >= 4 is 28.6 Å². The van der Waals surface area contributed by atoms with E-state index in [1.807, 2.05) is 49.4 Å². The van der Waals surface area contributed by atoms with E-state index in [1.54, 1.807) is 23.8 Å². The molecule has 1 aromatic heterocycles. The van der Waals surface area contributed by atoms with Crippen LogP contribution in [-0.4, -0.2) is 34.9 Å². The highest BCUT2D eigenvalue weighted by Gasteiger charge is 2.14. The molecular formula is C21H23N3O3S. The Morgan fingerprint density at radius 2 is 1.89 bits per heavy atom. The number of aromatic nitrogens is 2. The Morgan fingerprint density at radius 1 is 1.18 bits per heavy atom. The summed E-state index contributed by atoms with van der Waals surface area (Å²) in [6.45, 7) is 2.73. The molecule has 0 aliphatic carbocycles. The molecule has 2 aromatic carbocycles. The number of fused-ring (bicyclic) bond motifs is 1. The smallest absolute Gasteiger partial charge is 0.262 e. The number of rotatable bonds is 8. The highest BCUT2D eigenvalue weighted by Crippen LogP contribution is 2.18. The molecule has 146 valence electrons. The fourth-order valence-electron chi connectivity index (χ4n) is 2.88. The number of nitrogens with zero attached hydrogens (tertiary/aromatic N) is 2. The fraction of sp³-hybridized carbons (Fsp3) is 0.286. The topological polar surface area (TPSA) is 73.2 Å². The van der Waals surface area contributed by atoms with Crippen LogP contribution >= 0.6 is 11.8 Å². The lowest BCUT2D eigenvalue weighted by molar-refractivity contribution is -0.119. The van der Waals surface area contributed by atoms with Gasteiger partial charge in [-0.05, 0) is 24.6 Å². The predicted molar refractivity (Wildman–Crippen MR) is 112 cm³/mol. The number of ether oxygens (including phenoxy) is 1. The van der Waals surface area contributed by atoms with E-state index in [-0.39, 0.29) is 23.3 Å². The Labute approximate surface area is 167 Å². The number of hydrogen-bond acceptors (Lipinski definition) is 5. The zero-order valence-electron chi connectivity index (χ0n) is 15.9. The van der Waals surface area contributed by atoms with Gasteiger partial charge in [0.15, 0.2) is 5.16 Å². The third kappa shape index (κ3) is 4.79. The molecule has 1 amide bonds. The number of thioether (sulfide) groups is 1. The Bertz CT molecular complexity index is 1000. The second-order valence-electron chi connectivity index (χ2n) is 6.35. The van der Waals surface area contributed by atoms with Crippen LogP contribution in [0.2, 0.25) is 0 Å². The van der Waals surface area contributed by atoms with Gasteiger partial charge < -0.3 is 10.1 Å². The lowest BCUT2D eigenvalue weighted by Gasteiger charge is -2.15. The van der Waals surface area contributed by atoms with Crippen LogP contribution < -0.4 is 10.9 Å². The van der Waals surface area contributed by atoms with Gasteiger partial charge in [0.25, 0.3) is 5.56 Å². The largest absolute Gasteiger partial charge is 0.383 e. The summed E-state index contributed by atoms with van der Waals surface area (Å²) >= 11 is 1.26. The van der Waals surface area contributed by atoms with Gasteiger partial charge in [-0.2, -0.15) is 0 Å². The van der Waals surface area contributed by atoms with Gasteiger partial charge in [0, 0.05) is 7.11 Å². The summed E-state index contributed by atoms with van der Waals surface area (Å²) in [6, 6.07) is 16.9. The van der Waals surface area contributed by atoms with Crippen molar-refractivity contribution < 1.29 is 9.53 Å². The van der Waals surface area contributed by atoms with E-state index in [2.05, 4.69) is 10.3 Å². The second kappa shape index (κ2) is 9.52. The van der Waals surface area contributed by atoms with Crippen LogP contribution in [0.1, 0.15) is 18.5 Å². The van der Waals surface area contributed by atoms with Gasteiger partial charge >= 0.3 is 0 Å². The lowest BCUT2D eigenvalue weighted by Crippen LogP contribution is -2.29. The van der Waals surface area contributed by atoms with Gasteiger partial charge in [0.05, 0.1) is 35.8 Å². The molecule has 0 aliphatic heterocycles. The third-order valence-corrected chi connectivity index (χ3v) is 5.33. The Morgan fingerprint density at radius 3 is 2.64 bits per heavy atom. The van der Waals surface area contributed by atoms with Crippen molar-refractivity contribution in [1.29, 1.82) is 0 Å². The third-order valence-electron chi connectivity index (χ3n) is 4.36. The lowest BCUT2D eigenvalue weighted by atomic mass is 10.1. The van der Waals surface area contributed by atoms with Crippen molar-refractivity contribution in [3.8, 4) is 0 Å². The van der Waals surface area contributed by atoms with E-state index in [0.29, 0.717) is 29.2 Å². The van der Waals surface area contributed by atoms with Gasteiger partial charge in [-0.25, -0.2) is 4.98 Å². The van der Waals surface area contributed by atoms with Crippen LogP contribution in [0, 0.1) is 0 Å². The molecule has 0 saturated carbocycles. The zero-order chi connectivity index (χ0) is 19.9. The standard InChI is InChI=1S/C21H23N3O3S/c1-15(16-8-4-3-5-9-16)22-19(25)14-28-21-23-18-11-7-6-10-17(18)20(26)24(21)12-13-27-2/h3-11,15H,12-14H2,1-2H3,(H,22,25). The van der Waals surface area contributed by atoms with Gasteiger partial charge in [0.1, 0.15) is 0 Å². The summed E-state index contributed by atoms with van der Waals surface area (Å²) in [7, 11) is 1.59. The van der Waals surface area contributed by atoms with E-state index >= 15 is 0 Å². The fourth-order valence-corrected chi connectivity index (χ4v) is 3.71. The number of benzene rings is 2. The number of methoxy groups -OCH3 is 1. The van der Waals surface area contributed by atoms with Crippen LogP contribution in [-0.2, 0) is 16.1 Å². The number of para-hydroxylation sites is 1. The van der Waals surface area contributed by atoms with Gasteiger partial charge in [-0.15, -0.1) is 0 Å². The molecular weight excluding hydrogens is 374 g/mol. The SMILES string of the molecule is COCCn1c(SCC(=O)NC(C)c2ccccc2)nc2ccccc2c1=O. The van der Waals surface area contributed by atoms with Crippen LogP contribution in [0.3, 0.4) is 0 Å². The van der Waals surface area contributed by atoms with Crippen molar-refractivity contribution in [1.82, 2.24) is 14.9 Å². The summed E-state index contributed by atoms with van der Waals surface area (Å²) < 4.78 is 6.69. The Kier molecular flexibility index (Phi) is 6.84. The van der Waals surface area contributed by atoms with Crippen molar-refractivity contribution in [3.63, 3.8) is 0 Å². The second-order valence-corrected chi connectivity index (χ2v) is 7.29. The molecule has 0 bridgehead atoms. The first-order valence-electron chi connectivity index (χ1n) is 9.05. The number of carbonyl (C=O) groups is 1. The summed E-state index contributed by atoms with van der Waals surface area (Å²) in [5.41, 5.74) is 1.55. The van der Waals surface area contributed by atoms with Gasteiger partial charge in [-0.3, -0.25) is 14.2 Å². The van der Waals surface area contributed by atoms with E-state index in [1.165, 1.54) is 11.8 Å². The molecule has 1 N–H and O–H groups in total. The zero-order valence-corrected chi connectivity index (χ0v) is 16.7. The van der Waals surface area contributed by atoms with E-state index < -0.39 is 0 Å². The molecule has 1 heterocycles. The molecule has 3 rings (SSSR count). The van der Waals surface area contributed by atoms with Crippen molar-refractivity contribution in [2.24, 2.45) is 0 Å². The summed E-state index contributed by atoms with van der Waals surface area (Å²) in [6.07, 6.45) is 0.